The number of phenolic OH excluding ortho intramolecular Hbond substituents is 1. The first-order chi connectivity index (χ1) is 7.93. The fourth-order valence-corrected chi connectivity index (χ4v) is 1.60. The molecule has 0 radical (unpaired) electrons. The molecule has 0 aliphatic heterocycles. The van der Waals surface area contributed by atoms with Crippen LogP contribution in [0.3, 0.4) is 0 Å². The van der Waals surface area contributed by atoms with Gasteiger partial charge in [0.1, 0.15) is 11.3 Å². The van der Waals surface area contributed by atoms with Crippen LogP contribution < -0.4 is 0 Å². The van der Waals surface area contributed by atoms with Crippen LogP contribution in [0.1, 0.15) is 38.1 Å². The molecule has 0 heterocycles. The predicted octanol–water partition coefficient (Wildman–Crippen LogP) is 2.58. The van der Waals surface area contributed by atoms with Crippen LogP contribution in [0.2, 0.25) is 0 Å². The molecule has 0 spiro atoms. The summed E-state index contributed by atoms with van der Waals surface area (Å²) in [4.78, 5) is 17.1. The fraction of sp³-hybridized carbons (Fsp3) is 0.462. The predicted molar refractivity (Wildman–Crippen MR) is 65.6 cm³/mol. The molecule has 0 unspecified atom stereocenters. The van der Waals surface area contributed by atoms with Gasteiger partial charge in [0.2, 0.25) is 0 Å². The molecule has 1 N–H and O–H groups in total. The van der Waals surface area contributed by atoms with E-state index in [1.165, 1.54) is 12.1 Å². The van der Waals surface area contributed by atoms with E-state index < -0.39 is 5.97 Å². The average molecular weight is 237 g/mol. The van der Waals surface area contributed by atoms with Crippen molar-refractivity contribution in [1.82, 2.24) is 5.06 Å². The van der Waals surface area contributed by atoms with Crippen molar-refractivity contribution in [3.63, 3.8) is 0 Å². The molecule has 94 valence electrons. The van der Waals surface area contributed by atoms with Gasteiger partial charge in [-0.1, -0.05) is 12.1 Å². The number of aromatic hydroxyl groups is 1. The number of hydrogen-bond donors (Lipinski definition) is 1. The highest BCUT2D eigenvalue weighted by Crippen LogP contribution is 2.18. The van der Waals surface area contributed by atoms with Crippen molar-refractivity contribution < 1.29 is 14.7 Å². The number of phenols is 1. The van der Waals surface area contributed by atoms with Gasteiger partial charge in [-0.05, 0) is 39.8 Å². The summed E-state index contributed by atoms with van der Waals surface area (Å²) in [7, 11) is 0. The summed E-state index contributed by atoms with van der Waals surface area (Å²) in [6.07, 6.45) is 0. The van der Waals surface area contributed by atoms with Gasteiger partial charge in [-0.3, -0.25) is 0 Å². The Bertz CT molecular complexity index is 380. The molecule has 0 bridgehead atoms. The van der Waals surface area contributed by atoms with Crippen LogP contribution in [0.4, 0.5) is 0 Å². The standard InChI is InChI=1S/C13H19NO3/c1-9(2)14(10(3)4)17-13(16)11-7-5-6-8-12(11)15/h5-10,15H,1-4H3. The number of rotatable bonds is 4. The maximum absolute atomic E-state index is 11.9. The van der Waals surface area contributed by atoms with E-state index in [1.54, 1.807) is 17.2 Å². The minimum Gasteiger partial charge on any atom is -0.507 e. The molecule has 4 heteroatoms. The van der Waals surface area contributed by atoms with Gasteiger partial charge in [0.15, 0.2) is 0 Å². The monoisotopic (exact) mass is 237 g/mol. The van der Waals surface area contributed by atoms with Gasteiger partial charge in [0.25, 0.3) is 0 Å². The molecule has 4 nitrogen and oxygen atoms in total. The third-order valence-electron chi connectivity index (χ3n) is 2.33. The van der Waals surface area contributed by atoms with E-state index in [-0.39, 0.29) is 23.4 Å². The van der Waals surface area contributed by atoms with E-state index in [0.717, 1.165) is 0 Å². The molecular formula is C13H19NO3. The van der Waals surface area contributed by atoms with Crippen molar-refractivity contribution >= 4 is 5.97 Å². The average Bonchev–Trinajstić information content (AvgIpc) is 2.25. The third-order valence-corrected chi connectivity index (χ3v) is 2.33. The summed E-state index contributed by atoms with van der Waals surface area (Å²) < 4.78 is 0. The molecular weight excluding hydrogens is 218 g/mol. The van der Waals surface area contributed by atoms with Crippen molar-refractivity contribution in [3.8, 4) is 5.75 Å². The molecule has 0 aromatic heterocycles. The smallest absolute Gasteiger partial charge is 0.360 e. The van der Waals surface area contributed by atoms with Crippen molar-refractivity contribution in [3.05, 3.63) is 29.8 Å². The molecule has 0 atom stereocenters. The Balaban J connectivity index is 2.82. The fourth-order valence-electron chi connectivity index (χ4n) is 1.60. The molecule has 17 heavy (non-hydrogen) atoms. The van der Waals surface area contributed by atoms with Crippen LogP contribution in [0, 0.1) is 0 Å². The molecule has 1 aromatic rings. The Morgan fingerprint density at radius 2 is 1.71 bits per heavy atom. The van der Waals surface area contributed by atoms with Gasteiger partial charge in [0.05, 0.1) is 0 Å². The Hall–Kier alpha value is -1.55. The number of carbonyl (C=O) groups excluding carboxylic acids is 1. The van der Waals surface area contributed by atoms with Crippen LogP contribution in [0.5, 0.6) is 5.75 Å². The lowest BCUT2D eigenvalue weighted by molar-refractivity contribution is -0.151. The van der Waals surface area contributed by atoms with Gasteiger partial charge >= 0.3 is 5.97 Å². The Morgan fingerprint density at radius 3 is 2.18 bits per heavy atom. The third kappa shape index (κ3) is 3.46. The molecule has 0 saturated carbocycles. The number of para-hydroxylation sites is 1. The lowest BCUT2D eigenvalue weighted by Crippen LogP contribution is -2.38. The van der Waals surface area contributed by atoms with E-state index in [1.807, 2.05) is 27.7 Å². The first-order valence-electron chi connectivity index (χ1n) is 5.72. The van der Waals surface area contributed by atoms with Gasteiger partial charge in [-0.25, -0.2) is 4.79 Å². The normalized spacial score (nSPS) is 11.2. The van der Waals surface area contributed by atoms with E-state index in [9.17, 15) is 9.90 Å². The van der Waals surface area contributed by atoms with Gasteiger partial charge in [-0.15, -0.1) is 5.06 Å². The zero-order chi connectivity index (χ0) is 13.0. The number of nitrogens with zero attached hydrogens (tertiary/aromatic N) is 1. The Labute approximate surface area is 102 Å². The van der Waals surface area contributed by atoms with Crippen LogP contribution in [-0.4, -0.2) is 28.2 Å². The van der Waals surface area contributed by atoms with E-state index in [4.69, 9.17) is 4.84 Å². The number of carbonyl (C=O) groups is 1. The zero-order valence-electron chi connectivity index (χ0n) is 10.7. The van der Waals surface area contributed by atoms with Gasteiger partial charge < -0.3 is 9.94 Å². The highest BCUT2D eigenvalue weighted by molar-refractivity contribution is 5.92. The largest absolute Gasteiger partial charge is 0.507 e. The highest BCUT2D eigenvalue weighted by Gasteiger charge is 2.21. The Kier molecular flexibility index (Phi) is 4.52. The number of hydrogen-bond acceptors (Lipinski definition) is 4. The minimum atomic E-state index is -0.537. The van der Waals surface area contributed by atoms with Gasteiger partial charge in [0, 0.05) is 12.1 Å². The summed E-state index contributed by atoms with van der Waals surface area (Å²) in [5, 5.41) is 11.2. The topological polar surface area (TPSA) is 49.8 Å². The SMILES string of the molecule is CC(C)N(OC(=O)c1ccccc1O)C(C)C. The lowest BCUT2D eigenvalue weighted by Gasteiger charge is -2.28. The van der Waals surface area contributed by atoms with Crippen LogP contribution in [0.15, 0.2) is 24.3 Å². The van der Waals surface area contributed by atoms with Crippen molar-refractivity contribution in [1.29, 1.82) is 0 Å². The number of benzene rings is 1. The molecule has 0 fully saturated rings. The summed E-state index contributed by atoms with van der Waals surface area (Å²) >= 11 is 0. The van der Waals surface area contributed by atoms with Crippen LogP contribution in [0.25, 0.3) is 0 Å². The maximum Gasteiger partial charge on any atom is 0.360 e. The quantitative estimate of drug-likeness (QED) is 0.818. The minimum absolute atomic E-state index is 0.0648. The second-order valence-corrected chi connectivity index (χ2v) is 4.44. The first-order valence-corrected chi connectivity index (χ1v) is 5.72. The van der Waals surface area contributed by atoms with E-state index in [2.05, 4.69) is 0 Å². The molecule has 0 aliphatic rings. The molecule has 1 rings (SSSR count). The van der Waals surface area contributed by atoms with Crippen molar-refractivity contribution in [2.24, 2.45) is 0 Å². The van der Waals surface area contributed by atoms with Crippen molar-refractivity contribution in [2.45, 2.75) is 39.8 Å². The second kappa shape index (κ2) is 5.68. The van der Waals surface area contributed by atoms with E-state index in [0.29, 0.717) is 0 Å². The van der Waals surface area contributed by atoms with Gasteiger partial charge in [-0.2, -0.15) is 0 Å². The second-order valence-electron chi connectivity index (χ2n) is 4.44. The van der Waals surface area contributed by atoms with E-state index >= 15 is 0 Å². The molecule has 1 aromatic carbocycles. The number of hydroxylamine groups is 2. The Morgan fingerprint density at radius 1 is 1.18 bits per heavy atom. The lowest BCUT2D eigenvalue weighted by atomic mass is 10.2. The van der Waals surface area contributed by atoms with Crippen LogP contribution in [-0.2, 0) is 4.84 Å². The first kappa shape index (κ1) is 13.5. The maximum atomic E-state index is 11.9. The van der Waals surface area contributed by atoms with Crippen molar-refractivity contribution in [2.75, 3.05) is 0 Å². The highest BCUT2D eigenvalue weighted by atomic mass is 16.7. The molecule has 0 saturated heterocycles. The molecule has 0 amide bonds. The van der Waals surface area contributed by atoms with Crippen LogP contribution >= 0.6 is 0 Å². The zero-order valence-corrected chi connectivity index (χ0v) is 10.7. The summed E-state index contributed by atoms with van der Waals surface area (Å²) in [6, 6.07) is 6.53. The summed E-state index contributed by atoms with van der Waals surface area (Å²) in [6.45, 7) is 7.77. The molecule has 0 aliphatic carbocycles. The summed E-state index contributed by atoms with van der Waals surface area (Å²) in [5.41, 5.74) is 0.179. The summed E-state index contributed by atoms with van der Waals surface area (Å²) in [5.74, 6) is -0.601.